The van der Waals surface area contributed by atoms with Crippen molar-refractivity contribution in [1.29, 1.82) is 0 Å². The van der Waals surface area contributed by atoms with Crippen molar-refractivity contribution < 1.29 is 14.3 Å². The zero-order valence-corrected chi connectivity index (χ0v) is 21.9. The summed E-state index contributed by atoms with van der Waals surface area (Å²) in [5.41, 5.74) is 9.50. The maximum absolute atomic E-state index is 13.1. The van der Waals surface area contributed by atoms with Gasteiger partial charge >= 0.3 is 6.09 Å². The minimum absolute atomic E-state index is 0.256. The molecule has 2 N–H and O–H groups in total. The molecule has 0 radical (unpaired) electrons. The number of nitrogens with zero attached hydrogens (tertiary/aromatic N) is 2. The number of amides is 2. The van der Waals surface area contributed by atoms with E-state index in [1.165, 1.54) is 11.1 Å². The van der Waals surface area contributed by atoms with E-state index in [1.54, 1.807) is 0 Å². The third-order valence-electron chi connectivity index (χ3n) is 6.26. The first kappa shape index (κ1) is 26.7. The first-order valence-electron chi connectivity index (χ1n) is 12.6. The average Bonchev–Trinajstić information content (AvgIpc) is 2.75. The van der Waals surface area contributed by atoms with Gasteiger partial charge in [-0.05, 0) is 61.8 Å². The summed E-state index contributed by atoms with van der Waals surface area (Å²) in [7, 11) is 0. The van der Waals surface area contributed by atoms with E-state index >= 15 is 0 Å². The minimum Gasteiger partial charge on any atom is -0.444 e. The van der Waals surface area contributed by atoms with Crippen LogP contribution in [-0.2, 0) is 35.5 Å². The van der Waals surface area contributed by atoms with E-state index < -0.39 is 5.60 Å². The number of primary amides is 1. The van der Waals surface area contributed by atoms with Gasteiger partial charge in [0.1, 0.15) is 5.60 Å². The van der Waals surface area contributed by atoms with Gasteiger partial charge in [0.25, 0.3) is 0 Å². The van der Waals surface area contributed by atoms with Gasteiger partial charge in [-0.15, -0.1) is 0 Å². The highest BCUT2D eigenvalue weighted by Gasteiger charge is 2.29. The van der Waals surface area contributed by atoms with Crippen molar-refractivity contribution in [3.05, 3.63) is 70.8 Å². The highest BCUT2D eigenvalue weighted by atomic mass is 16.6. The Morgan fingerprint density at radius 1 is 1.09 bits per heavy atom. The lowest BCUT2D eigenvalue weighted by molar-refractivity contribution is -0.117. The summed E-state index contributed by atoms with van der Waals surface area (Å²) in [5, 5.41) is 0. The third-order valence-corrected chi connectivity index (χ3v) is 6.26. The minimum atomic E-state index is -0.549. The maximum atomic E-state index is 13.1. The van der Waals surface area contributed by atoms with Crippen LogP contribution in [0.5, 0.6) is 0 Å². The molecule has 1 aliphatic rings. The number of rotatable bonds is 9. The molecule has 0 fully saturated rings. The van der Waals surface area contributed by atoms with Crippen molar-refractivity contribution in [2.45, 2.75) is 78.6 Å². The monoisotopic (exact) mass is 479 g/mol. The van der Waals surface area contributed by atoms with Crippen LogP contribution in [-0.4, -0.2) is 46.5 Å². The van der Waals surface area contributed by atoms with E-state index in [0.717, 1.165) is 37.1 Å². The number of carbonyl (C=O) groups is 2. The second kappa shape index (κ2) is 11.7. The van der Waals surface area contributed by atoms with Crippen LogP contribution in [0.2, 0.25) is 0 Å². The van der Waals surface area contributed by atoms with Gasteiger partial charge in [-0.1, -0.05) is 62.4 Å². The first-order valence-corrected chi connectivity index (χ1v) is 12.6. The lowest BCUT2D eigenvalue weighted by Crippen LogP contribution is -2.46. The Bertz CT molecular complexity index is 998. The summed E-state index contributed by atoms with van der Waals surface area (Å²) in [5.74, 6) is 0.258. The molecule has 0 aliphatic carbocycles. The van der Waals surface area contributed by atoms with Gasteiger partial charge in [-0.25, -0.2) is 4.79 Å². The van der Waals surface area contributed by atoms with E-state index in [0.29, 0.717) is 25.0 Å². The predicted octanol–water partition coefficient (Wildman–Crippen LogP) is 4.92. The van der Waals surface area contributed by atoms with Gasteiger partial charge < -0.3 is 15.4 Å². The van der Waals surface area contributed by atoms with E-state index in [4.69, 9.17) is 10.5 Å². The van der Waals surface area contributed by atoms with Crippen molar-refractivity contribution in [2.24, 2.45) is 11.7 Å². The smallest absolute Gasteiger partial charge is 0.410 e. The molecule has 2 aromatic carbocycles. The number of nitrogens with two attached hydrogens (primary N) is 1. The second-order valence-corrected chi connectivity index (χ2v) is 11.1. The normalized spacial score (nSPS) is 16.1. The van der Waals surface area contributed by atoms with E-state index in [9.17, 15) is 9.59 Å². The number of ether oxygens (including phenoxy) is 1. The summed E-state index contributed by atoms with van der Waals surface area (Å²) < 4.78 is 5.74. The Kier molecular flexibility index (Phi) is 8.95. The fourth-order valence-corrected chi connectivity index (χ4v) is 4.72. The molecule has 0 saturated carbocycles. The summed E-state index contributed by atoms with van der Waals surface area (Å²) in [6.07, 6.45) is 2.03. The maximum Gasteiger partial charge on any atom is 0.410 e. The molecule has 2 aromatic rings. The molecular formula is C29H41N3O3. The van der Waals surface area contributed by atoms with Crippen molar-refractivity contribution in [1.82, 2.24) is 9.80 Å². The van der Waals surface area contributed by atoms with Crippen LogP contribution >= 0.6 is 0 Å². The van der Waals surface area contributed by atoms with Crippen molar-refractivity contribution >= 4 is 12.0 Å². The van der Waals surface area contributed by atoms with E-state index in [1.807, 2.05) is 62.1 Å². The molecule has 1 aliphatic heterocycles. The molecule has 1 atom stereocenters. The van der Waals surface area contributed by atoms with E-state index in [2.05, 4.69) is 30.9 Å². The molecule has 35 heavy (non-hydrogen) atoms. The van der Waals surface area contributed by atoms with Gasteiger partial charge in [0.2, 0.25) is 5.91 Å². The average molecular weight is 480 g/mol. The van der Waals surface area contributed by atoms with Gasteiger partial charge in [-0.3, -0.25) is 9.69 Å². The van der Waals surface area contributed by atoms with Crippen LogP contribution in [0.3, 0.4) is 0 Å². The molecule has 0 aromatic heterocycles. The molecule has 6 heteroatoms. The van der Waals surface area contributed by atoms with Crippen LogP contribution in [0.15, 0.2) is 48.5 Å². The topological polar surface area (TPSA) is 75.9 Å². The number of fused-ring (bicyclic) bond motifs is 1. The Morgan fingerprint density at radius 3 is 2.43 bits per heavy atom. The summed E-state index contributed by atoms with van der Waals surface area (Å²) >= 11 is 0. The fourth-order valence-electron chi connectivity index (χ4n) is 4.72. The van der Waals surface area contributed by atoms with Crippen molar-refractivity contribution in [3.8, 4) is 0 Å². The van der Waals surface area contributed by atoms with Crippen LogP contribution in [0.1, 0.15) is 63.3 Å². The lowest BCUT2D eigenvalue weighted by atomic mass is 9.88. The summed E-state index contributed by atoms with van der Waals surface area (Å²) in [6.45, 7) is 12.8. The molecule has 1 heterocycles. The van der Waals surface area contributed by atoms with Gasteiger partial charge in [0.15, 0.2) is 0 Å². The van der Waals surface area contributed by atoms with Crippen LogP contribution in [0.4, 0.5) is 4.79 Å². The highest BCUT2D eigenvalue weighted by Crippen LogP contribution is 2.28. The summed E-state index contributed by atoms with van der Waals surface area (Å²) in [4.78, 5) is 28.8. The van der Waals surface area contributed by atoms with Gasteiger partial charge in [0.05, 0.1) is 6.42 Å². The Balaban J connectivity index is 1.78. The zero-order chi connectivity index (χ0) is 25.6. The number of hydrogen-bond acceptors (Lipinski definition) is 4. The number of benzene rings is 2. The largest absolute Gasteiger partial charge is 0.444 e. The molecule has 6 nitrogen and oxygen atoms in total. The van der Waals surface area contributed by atoms with Crippen LogP contribution in [0.25, 0.3) is 0 Å². The Labute approximate surface area is 210 Å². The number of hydrogen-bond donors (Lipinski definition) is 1. The first-order chi connectivity index (χ1) is 16.5. The molecule has 1 unspecified atom stereocenters. The second-order valence-electron chi connectivity index (χ2n) is 11.1. The molecule has 2 amide bonds. The zero-order valence-electron chi connectivity index (χ0n) is 21.9. The third kappa shape index (κ3) is 8.39. The van der Waals surface area contributed by atoms with Gasteiger partial charge in [0, 0.05) is 32.2 Å². The van der Waals surface area contributed by atoms with Crippen molar-refractivity contribution in [2.75, 3.05) is 13.1 Å². The highest BCUT2D eigenvalue weighted by molar-refractivity contribution is 5.76. The fraction of sp³-hybridized carbons (Fsp3) is 0.517. The molecular weight excluding hydrogens is 438 g/mol. The van der Waals surface area contributed by atoms with Crippen molar-refractivity contribution in [3.63, 3.8) is 0 Å². The van der Waals surface area contributed by atoms with Crippen LogP contribution in [0, 0.1) is 5.92 Å². The Morgan fingerprint density at radius 2 is 1.80 bits per heavy atom. The van der Waals surface area contributed by atoms with Gasteiger partial charge in [-0.2, -0.15) is 0 Å². The summed E-state index contributed by atoms with van der Waals surface area (Å²) in [6, 6.07) is 16.7. The Hall–Kier alpha value is -2.86. The molecule has 0 bridgehead atoms. The number of carbonyl (C=O) groups excluding carboxylic acids is 2. The SMILES string of the molecule is CC(C)CC1Cc2ccc(CC(N)=O)cc2CN1CCN(Cc1ccccc1)C(=O)OC(C)(C)C. The molecule has 3 rings (SSSR count). The molecule has 190 valence electrons. The van der Waals surface area contributed by atoms with Crippen LogP contribution < -0.4 is 5.73 Å². The lowest BCUT2D eigenvalue weighted by Gasteiger charge is -2.39. The molecule has 0 saturated heterocycles. The van der Waals surface area contributed by atoms with E-state index in [-0.39, 0.29) is 18.4 Å². The molecule has 0 spiro atoms. The predicted molar refractivity (Wildman–Crippen MR) is 140 cm³/mol. The quantitative estimate of drug-likeness (QED) is 0.554. The standard InChI is InChI=1S/C29H41N3O3/c1-21(2)15-26-18-24-12-11-23(17-27(30)33)16-25(24)20-31(26)13-14-32(28(34)35-29(3,4)5)19-22-9-7-6-8-10-22/h6-12,16,21,26H,13-15,17-20H2,1-5H3,(H2,30,33).